The number of hydrogen-bond donors (Lipinski definition) is 1. The van der Waals surface area contributed by atoms with Crippen molar-refractivity contribution in [1.82, 2.24) is 4.90 Å². The van der Waals surface area contributed by atoms with Crippen molar-refractivity contribution in [3.8, 4) is 0 Å². The van der Waals surface area contributed by atoms with Gasteiger partial charge in [-0.1, -0.05) is 42.6 Å². The Kier molecular flexibility index (Phi) is 5.96. The van der Waals surface area contributed by atoms with Crippen molar-refractivity contribution in [1.29, 1.82) is 0 Å². The van der Waals surface area contributed by atoms with E-state index in [9.17, 15) is 5.11 Å². The second-order valence-corrected chi connectivity index (χ2v) is 7.06. The Morgan fingerprint density at radius 3 is 2.48 bits per heavy atom. The monoisotopic (exact) mass is 329 g/mol. The number of aliphatic hydroxyl groups is 1. The minimum absolute atomic E-state index is 0.191. The Bertz CT molecular complexity index is 474. The topological polar surface area (TPSA) is 23.5 Å². The molecule has 1 fully saturated rings. The van der Waals surface area contributed by atoms with Crippen molar-refractivity contribution in [2.24, 2.45) is 0 Å². The molecule has 2 unspecified atom stereocenters. The van der Waals surface area contributed by atoms with E-state index in [-0.39, 0.29) is 5.54 Å². The zero-order chi connectivity index (χ0) is 15.5. The molecular formula is C17H25Cl2NO. The number of hydrogen-bond acceptors (Lipinski definition) is 2. The molecule has 1 aliphatic heterocycles. The second-order valence-electron chi connectivity index (χ2n) is 6.21. The molecule has 0 radical (unpaired) electrons. The van der Waals surface area contributed by atoms with Crippen molar-refractivity contribution in [2.45, 2.75) is 57.6 Å². The van der Waals surface area contributed by atoms with E-state index >= 15 is 0 Å². The van der Waals surface area contributed by atoms with E-state index in [1.807, 2.05) is 12.1 Å². The van der Waals surface area contributed by atoms with Crippen LogP contribution >= 0.6 is 23.2 Å². The Morgan fingerprint density at radius 1 is 1.24 bits per heavy atom. The average Bonchev–Trinajstić information content (AvgIpc) is 2.50. The quantitative estimate of drug-likeness (QED) is 0.856. The first-order valence-electron chi connectivity index (χ1n) is 7.84. The number of rotatable bonds is 5. The summed E-state index contributed by atoms with van der Waals surface area (Å²) in [6.45, 7) is 6.49. The largest absolute Gasteiger partial charge is 0.391 e. The SMILES string of the molecule is CCC(C)(C(O)Cc1ccc(Cl)cc1Cl)N1CCCCC1. The van der Waals surface area contributed by atoms with Gasteiger partial charge in [0.1, 0.15) is 0 Å². The van der Waals surface area contributed by atoms with Gasteiger partial charge in [0.15, 0.2) is 0 Å². The number of benzene rings is 1. The smallest absolute Gasteiger partial charge is 0.0761 e. The van der Waals surface area contributed by atoms with Crippen LogP contribution in [0.4, 0.5) is 0 Å². The highest BCUT2D eigenvalue weighted by molar-refractivity contribution is 6.35. The molecule has 1 aromatic carbocycles. The van der Waals surface area contributed by atoms with E-state index in [1.165, 1.54) is 19.3 Å². The first-order chi connectivity index (χ1) is 9.97. The normalized spacial score (nSPS) is 21.0. The third kappa shape index (κ3) is 3.92. The van der Waals surface area contributed by atoms with Crippen LogP contribution in [0.15, 0.2) is 18.2 Å². The van der Waals surface area contributed by atoms with E-state index in [4.69, 9.17) is 23.2 Å². The molecule has 2 atom stereocenters. The van der Waals surface area contributed by atoms with Crippen LogP contribution in [0.3, 0.4) is 0 Å². The van der Waals surface area contributed by atoms with Crippen LogP contribution in [0.5, 0.6) is 0 Å². The maximum atomic E-state index is 10.8. The Balaban J connectivity index is 2.13. The van der Waals surface area contributed by atoms with E-state index < -0.39 is 6.10 Å². The summed E-state index contributed by atoms with van der Waals surface area (Å²) in [6, 6.07) is 5.50. The summed E-state index contributed by atoms with van der Waals surface area (Å²) < 4.78 is 0. The maximum absolute atomic E-state index is 10.8. The lowest BCUT2D eigenvalue weighted by Gasteiger charge is -2.46. The third-order valence-electron chi connectivity index (χ3n) is 4.94. The van der Waals surface area contributed by atoms with Crippen LogP contribution in [0, 0.1) is 0 Å². The van der Waals surface area contributed by atoms with Crippen LogP contribution in [-0.2, 0) is 6.42 Å². The van der Waals surface area contributed by atoms with Crippen LogP contribution in [0.25, 0.3) is 0 Å². The zero-order valence-corrected chi connectivity index (χ0v) is 14.4. The fourth-order valence-corrected chi connectivity index (χ4v) is 3.68. The van der Waals surface area contributed by atoms with Crippen molar-refractivity contribution >= 4 is 23.2 Å². The predicted octanol–water partition coefficient (Wildman–Crippen LogP) is 4.55. The van der Waals surface area contributed by atoms with Gasteiger partial charge in [0, 0.05) is 22.0 Å². The number of piperidine rings is 1. The molecule has 1 saturated heterocycles. The van der Waals surface area contributed by atoms with Gasteiger partial charge in [-0.25, -0.2) is 0 Å². The van der Waals surface area contributed by atoms with Gasteiger partial charge in [-0.3, -0.25) is 4.90 Å². The third-order valence-corrected chi connectivity index (χ3v) is 5.53. The molecule has 0 bridgehead atoms. The molecule has 0 amide bonds. The summed E-state index contributed by atoms with van der Waals surface area (Å²) in [6.07, 6.45) is 4.82. The van der Waals surface area contributed by atoms with Gasteiger partial charge in [-0.05, 0) is 57.0 Å². The summed E-state index contributed by atoms with van der Waals surface area (Å²) in [5.41, 5.74) is 0.772. The summed E-state index contributed by atoms with van der Waals surface area (Å²) in [5.74, 6) is 0. The van der Waals surface area contributed by atoms with Crippen LogP contribution < -0.4 is 0 Å². The second kappa shape index (κ2) is 7.32. The van der Waals surface area contributed by atoms with E-state index in [1.54, 1.807) is 6.07 Å². The minimum Gasteiger partial charge on any atom is -0.391 e. The molecule has 1 aliphatic rings. The Morgan fingerprint density at radius 2 is 1.90 bits per heavy atom. The Labute approximate surface area is 138 Å². The lowest BCUT2D eigenvalue weighted by atomic mass is 9.84. The molecule has 1 aromatic rings. The molecule has 118 valence electrons. The van der Waals surface area contributed by atoms with Gasteiger partial charge in [-0.15, -0.1) is 0 Å². The summed E-state index contributed by atoms with van der Waals surface area (Å²) in [5, 5.41) is 12.1. The van der Waals surface area contributed by atoms with Gasteiger partial charge in [0.05, 0.1) is 6.10 Å². The maximum Gasteiger partial charge on any atom is 0.0761 e. The van der Waals surface area contributed by atoms with E-state index in [0.717, 1.165) is 25.1 Å². The molecule has 1 heterocycles. The standard InChI is InChI=1S/C17H25Cl2NO/c1-3-17(2,20-9-5-4-6-10-20)16(21)11-13-7-8-14(18)12-15(13)19/h7-8,12,16,21H,3-6,9-11H2,1-2H3. The van der Waals surface area contributed by atoms with Crippen molar-refractivity contribution < 1.29 is 5.11 Å². The molecule has 21 heavy (non-hydrogen) atoms. The first-order valence-corrected chi connectivity index (χ1v) is 8.60. The number of nitrogens with zero attached hydrogens (tertiary/aromatic N) is 1. The van der Waals surface area contributed by atoms with E-state index in [2.05, 4.69) is 18.7 Å². The molecule has 0 saturated carbocycles. The van der Waals surface area contributed by atoms with Crippen LogP contribution in [0.2, 0.25) is 10.0 Å². The van der Waals surface area contributed by atoms with Gasteiger partial charge in [0.2, 0.25) is 0 Å². The minimum atomic E-state index is -0.431. The first kappa shape index (κ1) is 17.1. The molecule has 2 rings (SSSR count). The molecule has 1 N–H and O–H groups in total. The number of aliphatic hydroxyl groups excluding tert-OH is 1. The van der Waals surface area contributed by atoms with Crippen LogP contribution in [-0.4, -0.2) is 34.7 Å². The van der Waals surface area contributed by atoms with Gasteiger partial charge >= 0.3 is 0 Å². The molecule has 0 spiro atoms. The van der Waals surface area contributed by atoms with Crippen LogP contribution in [0.1, 0.15) is 45.1 Å². The molecule has 0 aliphatic carbocycles. The van der Waals surface area contributed by atoms with Crippen molar-refractivity contribution in [2.75, 3.05) is 13.1 Å². The highest BCUT2D eigenvalue weighted by Gasteiger charge is 2.37. The van der Waals surface area contributed by atoms with Crippen molar-refractivity contribution in [3.05, 3.63) is 33.8 Å². The van der Waals surface area contributed by atoms with Gasteiger partial charge in [0.25, 0.3) is 0 Å². The van der Waals surface area contributed by atoms with Crippen molar-refractivity contribution in [3.63, 3.8) is 0 Å². The molecule has 0 aromatic heterocycles. The van der Waals surface area contributed by atoms with E-state index in [0.29, 0.717) is 16.5 Å². The molecule has 2 nitrogen and oxygen atoms in total. The van der Waals surface area contributed by atoms with Gasteiger partial charge in [-0.2, -0.15) is 0 Å². The number of halogens is 2. The Hall–Kier alpha value is -0.280. The predicted molar refractivity (Wildman–Crippen MR) is 90.3 cm³/mol. The highest BCUT2D eigenvalue weighted by Crippen LogP contribution is 2.31. The summed E-state index contributed by atoms with van der Waals surface area (Å²) in [7, 11) is 0. The fourth-order valence-electron chi connectivity index (χ4n) is 3.19. The molecular weight excluding hydrogens is 305 g/mol. The molecule has 4 heteroatoms. The lowest BCUT2D eigenvalue weighted by Crippen LogP contribution is -2.56. The zero-order valence-electron chi connectivity index (χ0n) is 12.9. The number of likely N-dealkylation sites (tertiary alicyclic amines) is 1. The highest BCUT2D eigenvalue weighted by atomic mass is 35.5. The summed E-state index contributed by atoms with van der Waals surface area (Å²) in [4.78, 5) is 2.45. The summed E-state index contributed by atoms with van der Waals surface area (Å²) >= 11 is 12.2. The lowest BCUT2D eigenvalue weighted by molar-refractivity contribution is -0.0328. The fraction of sp³-hybridized carbons (Fsp3) is 0.647. The van der Waals surface area contributed by atoms with Gasteiger partial charge < -0.3 is 5.11 Å². The average molecular weight is 330 g/mol.